The average Bonchev–Trinajstić information content (AvgIpc) is 3.26. The molecule has 0 spiro atoms. The Hall–Kier alpha value is -3.28. The fourth-order valence-corrected chi connectivity index (χ4v) is 2.22. The third kappa shape index (κ3) is 2.62. The first-order valence-corrected chi connectivity index (χ1v) is 7.18. The Bertz CT molecular complexity index is 925. The maximum atomic E-state index is 5.30. The Balaban J connectivity index is 1.65. The van der Waals surface area contributed by atoms with Crippen LogP contribution in [-0.4, -0.2) is 25.1 Å². The van der Waals surface area contributed by atoms with Crippen LogP contribution in [0.4, 0.5) is 0 Å². The second-order valence-corrected chi connectivity index (χ2v) is 5.17. The van der Waals surface area contributed by atoms with E-state index in [1.54, 1.807) is 10.9 Å². The summed E-state index contributed by atoms with van der Waals surface area (Å²) in [6.07, 6.45) is 1.77. The smallest absolute Gasteiger partial charge is 0.280 e. The van der Waals surface area contributed by atoms with E-state index >= 15 is 0 Å². The molecule has 0 saturated carbocycles. The predicted octanol–water partition coefficient (Wildman–Crippen LogP) is 3.29. The maximum Gasteiger partial charge on any atom is 0.280 e. The molecule has 0 aliphatic rings. The highest BCUT2D eigenvalue weighted by molar-refractivity contribution is 5.57. The zero-order valence-electron chi connectivity index (χ0n) is 12.4. The van der Waals surface area contributed by atoms with E-state index in [1.165, 1.54) is 5.56 Å². The number of aromatic nitrogens is 5. The van der Waals surface area contributed by atoms with Gasteiger partial charge in [-0.3, -0.25) is 0 Å². The van der Waals surface area contributed by atoms with Crippen LogP contribution in [0.1, 0.15) is 5.56 Å². The van der Waals surface area contributed by atoms with Gasteiger partial charge in [0.15, 0.2) is 5.69 Å². The molecule has 4 aromatic rings. The summed E-state index contributed by atoms with van der Waals surface area (Å²) in [6, 6.07) is 17.7. The largest absolute Gasteiger partial charge is 0.332 e. The average molecular weight is 303 g/mol. The molecule has 4 rings (SSSR count). The van der Waals surface area contributed by atoms with Crippen LogP contribution < -0.4 is 0 Å². The minimum Gasteiger partial charge on any atom is -0.332 e. The fraction of sp³-hybridized carbons (Fsp3) is 0.0588. The van der Waals surface area contributed by atoms with Crippen LogP contribution in [0.15, 0.2) is 65.3 Å². The summed E-state index contributed by atoms with van der Waals surface area (Å²) in [5, 5.41) is 12.2. The highest BCUT2D eigenvalue weighted by Gasteiger charge is 2.14. The molecule has 23 heavy (non-hydrogen) atoms. The van der Waals surface area contributed by atoms with Crippen LogP contribution in [0.2, 0.25) is 0 Å². The molecule has 0 atom stereocenters. The lowest BCUT2D eigenvalue weighted by Gasteiger charge is -1.99. The van der Waals surface area contributed by atoms with Gasteiger partial charge >= 0.3 is 0 Å². The molecule has 6 heteroatoms. The monoisotopic (exact) mass is 303 g/mol. The summed E-state index contributed by atoms with van der Waals surface area (Å²) in [4.78, 5) is 4.38. The Kier molecular flexibility index (Phi) is 3.20. The van der Waals surface area contributed by atoms with E-state index in [4.69, 9.17) is 4.52 Å². The molecule has 0 unspecified atom stereocenters. The van der Waals surface area contributed by atoms with Crippen molar-refractivity contribution in [2.24, 2.45) is 0 Å². The zero-order chi connectivity index (χ0) is 15.6. The Labute approximate surface area is 132 Å². The van der Waals surface area contributed by atoms with Gasteiger partial charge in [0.2, 0.25) is 5.82 Å². The van der Waals surface area contributed by atoms with E-state index in [1.807, 2.05) is 61.5 Å². The molecule has 2 heterocycles. The van der Waals surface area contributed by atoms with Crippen LogP contribution in [0, 0.1) is 6.92 Å². The number of benzene rings is 2. The molecule has 0 fully saturated rings. The van der Waals surface area contributed by atoms with Crippen molar-refractivity contribution in [1.82, 2.24) is 25.1 Å². The van der Waals surface area contributed by atoms with E-state index in [-0.39, 0.29) is 0 Å². The second-order valence-electron chi connectivity index (χ2n) is 5.17. The molecule has 0 bridgehead atoms. The van der Waals surface area contributed by atoms with Gasteiger partial charge in [-0.15, -0.1) is 5.10 Å². The van der Waals surface area contributed by atoms with Gasteiger partial charge in [-0.2, -0.15) is 4.98 Å². The molecule has 0 amide bonds. The van der Waals surface area contributed by atoms with Gasteiger partial charge < -0.3 is 4.52 Å². The molecule has 0 aliphatic heterocycles. The third-order valence-corrected chi connectivity index (χ3v) is 3.47. The van der Waals surface area contributed by atoms with Crippen LogP contribution in [0.5, 0.6) is 0 Å². The summed E-state index contributed by atoms with van der Waals surface area (Å²) in [7, 11) is 0. The van der Waals surface area contributed by atoms with E-state index < -0.39 is 0 Å². The lowest BCUT2D eigenvalue weighted by molar-refractivity contribution is 0.431. The minimum atomic E-state index is 0.349. The van der Waals surface area contributed by atoms with Crippen LogP contribution in [0.25, 0.3) is 28.7 Å². The number of hydrogen-bond donors (Lipinski definition) is 0. The van der Waals surface area contributed by atoms with E-state index in [0.717, 1.165) is 11.3 Å². The molecule has 0 radical (unpaired) electrons. The number of nitrogens with zero attached hydrogens (tertiary/aromatic N) is 5. The first-order chi connectivity index (χ1) is 11.3. The number of aryl methyl sites for hydroxylation is 1. The topological polar surface area (TPSA) is 69.6 Å². The molecule has 0 saturated heterocycles. The Morgan fingerprint density at radius 3 is 2.52 bits per heavy atom. The molecule has 2 aromatic carbocycles. The van der Waals surface area contributed by atoms with Gasteiger partial charge in [-0.05, 0) is 19.1 Å². The van der Waals surface area contributed by atoms with E-state index in [2.05, 4.69) is 20.5 Å². The maximum absolute atomic E-state index is 5.30. The van der Waals surface area contributed by atoms with Gasteiger partial charge in [0.25, 0.3) is 5.89 Å². The first-order valence-electron chi connectivity index (χ1n) is 7.18. The van der Waals surface area contributed by atoms with Crippen molar-refractivity contribution in [3.8, 4) is 28.7 Å². The first kappa shape index (κ1) is 13.4. The normalized spacial score (nSPS) is 10.8. The van der Waals surface area contributed by atoms with Crippen molar-refractivity contribution in [2.45, 2.75) is 6.92 Å². The molecule has 112 valence electrons. The molecule has 6 nitrogen and oxygen atoms in total. The summed E-state index contributed by atoms with van der Waals surface area (Å²) in [5.41, 5.74) is 3.56. The molecule has 2 aromatic heterocycles. The van der Waals surface area contributed by atoms with Crippen molar-refractivity contribution in [3.63, 3.8) is 0 Å². The summed E-state index contributed by atoms with van der Waals surface area (Å²) in [6.45, 7) is 2.04. The van der Waals surface area contributed by atoms with E-state index in [0.29, 0.717) is 17.4 Å². The van der Waals surface area contributed by atoms with Crippen molar-refractivity contribution in [3.05, 3.63) is 66.4 Å². The van der Waals surface area contributed by atoms with Crippen molar-refractivity contribution >= 4 is 0 Å². The quantitative estimate of drug-likeness (QED) is 0.581. The summed E-state index contributed by atoms with van der Waals surface area (Å²) >= 11 is 0. The standard InChI is InChI=1S/C17H13N5O/c1-12-7-9-14(10-8-12)22-11-15(19-21-22)17-18-16(20-23-17)13-5-3-2-4-6-13/h2-11H,1H3. The van der Waals surface area contributed by atoms with Gasteiger partial charge in [0.05, 0.1) is 11.9 Å². The van der Waals surface area contributed by atoms with Crippen molar-refractivity contribution in [1.29, 1.82) is 0 Å². The number of rotatable bonds is 3. The third-order valence-electron chi connectivity index (χ3n) is 3.47. The predicted molar refractivity (Wildman–Crippen MR) is 84.8 cm³/mol. The lowest BCUT2D eigenvalue weighted by atomic mass is 10.2. The molecular formula is C17H13N5O. The fourth-order valence-electron chi connectivity index (χ4n) is 2.22. The zero-order valence-corrected chi connectivity index (χ0v) is 12.4. The summed E-state index contributed by atoms with van der Waals surface area (Å²) < 4.78 is 6.98. The highest BCUT2D eigenvalue weighted by Crippen LogP contribution is 2.21. The van der Waals surface area contributed by atoms with Crippen LogP contribution in [-0.2, 0) is 0 Å². The van der Waals surface area contributed by atoms with Crippen molar-refractivity contribution < 1.29 is 4.52 Å². The van der Waals surface area contributed by atoms with Gasteiger partial charge in [-0.25, -0.2) is 4.68 Å². The van der Waals surface area contributed by atoms with Gasteiger partial charge in [-0.1, -0.05) is 58.4 Å². The second kappa shape index (κ2) is 5.49. The molecule has 0 aliphatic carbocycles. The number of hydrogen-bond acceptors (Lipinski definition) is 5. The SMILES string of the molecule is Cc1ccc(-n2cc(-c3nc(-c4ccccc4)no3)nn2)cc1. The Morgan fingerprint density at radius 2 is 1.74 bits per heavy atom. The van der Waals surface area contributed by atoms with Gasteiger partial charge in [0, 0.05) is 5.56 Å². The lowest BCUT2D eigenvalue weighted by Crippen LogP contribution is -1.94. The van der Waals surface area contributed by atoms with Crippen LogP contribution >= 0.6 is 0 Å². The van der Waals surface area contributed by atoms with Gasteiger partial charge in [0.1, 0.15) is 0 Å². The van der Waals surface area contributed by atoms with E-state index in [9.17, 15) is 0 Å². The summed E-state index contributed by atoms with van der Waals surface area (Å²) in [5.74, 6) is 0.882. The Morgan fingerprint density at radius 1 is 0.957 bits per heavy atom. The van der Waals surface area contributed by atoms with Crippen LogP contribution in [0.3, 0.4) is 0 Å². The highest BCUT2D eigenvalue weighted by atomic mass is 16.5. The minimum absolute atomic E-state index is 0.349. The van der Waals surface area contributed by atoms with Crippen molar-refractivity contribution in [2.75, 3.05) is 0 Å². The molecular weight excluding hydrogens is 290 g/mol. The molecule has 0 N–H and O–H groups in total.